The monoisotopic (exact) mass is 816 g/mol. The summed E-state index contributed by atoms with van der Waals surface area (Å²) in [5, 5.41) is 2.34. The lowest BCUT2D eigenvalue weighted by Gasteiger charge is -2.53. The maximum absolute atomic E-state index is 5.86. The van der Waals surface area contributed by atoms with Gasteiger partial charge in [-0.25, -0.2) is 4.98 Å². The highest BCUT2D eigenvalue weighted by molar-refractivity contribution is 7.22. The Balaban J connectivity index is 1.42. The van der Waals surface area contributed by atoms with Crippen LogP contribution >= 0.6 is 11.3 Å². The molecule has 1 aromatic heterocycles. The SMILES string of the molecule is CC(C)(C)c1ccc(-c2nc3c(s2)N(c2cc(C(C)(C)C)cc(C(C)(C)C)c2)c2cc(C(C)(C)C)cc4c2B3c2ccc(C(C)(C)C)c3c2N4C2(C)CCCCC32C)cc1. The number of anilines is 5. The number of benzene rings is 4. The number of rotatable bonds is 2. The van der Waals surface area contributed by atoms with Gasteiger partial charge < -0.3 is 9.80 Å². The van der Waals surface area contributed by atoms with E-state index >= 15 is 0 Å². The van der Waals surface area contributed by atoms with Crippen molar-refractivity contribution in [2.75, 3.05) is 9.80 Å². The lowest BCUT2D eigenvalue weighted by atomic mass is 9.35. The van der Waals surface area contributed by atoms with Gasteiger partial charge in [0.2, 0.25) is 0 Å². The number of hydrogen-bond donors (Lipinski definition) is 0. The molecule has 4 heterocycles. The molecule has 5 heteroatoms. The predicted octanol–water partition coefficient (Wildman–Crippen LogP) is 13.7. The molecule has 3 aliphatic heterocycles. The molecule has 1 aliphatic carbocycles. The molecule has 2 unspecified atom stereocenters. The summed E-state index contributed by atoms with van der Waals surface area (Å²) in [5.41, 5.74) is 19.2. The van der Waals surface area contributed by atoms with E-state index in [1.807, 2.05) is 11.3 Å². The Bertz CT molecular complexity index is 2530. The molecule has 3 nitrogen and oxygen atoms in total. The van der Waals surface area contributed by atoms with E-state index < -0.39 is 0 Å². The first-order valence-electron chi connectivity index (χ1n) is 22.9. The zero-order chi connectivity index (χ0) is 43.5. The summed E-state index contributed by atoms with van der Waals surface area (Å²) < 4.78 is 0. The molecule has 0 bridgehead atoms. The molecule has 60 heavy (non-hydrogen) atoms. The average Bonchev–Trinajstić information content (AvgIpc) is 3.67. The summed E-state index contributed by atoms with van der Waals surface area (Å²) in [6.07, 6.45) is 4.93. The fraction of sp³-hybridized carbons (Fsp3) is 0.509. The van der Waals surface area contributed by atoms with E-state index in [9.17, 15) is 0 Å². The summed E-state index contributed by atoms with van der Waals surface area (Å²) in [5.74, 6) is 0. The molecular weight excluding hydrogens is 746 g/mol. The van der Waals surface area contributed by atoms with Crippen molar-refractivity contribution in [1.82, 2.24) is 4.98 Å². The van der Waals surface area contributed by atoms with E-state index in [2.05, 4.69) is 194 Å². The summed E-state index contributed by atoms with van der Waals surface area (Å²) >= 11 is 1.88. The quantitative estimate of drug-likeness (QED) is 0.162. The van der Waals surface area contributed by atoms with Crippen molar-refractivity contribution in [3.8, 4) is 10.6 Å². The normalized spacial score (nSPS) is 21.2. The van der Waals surface area contributed by atoms with Gasteiger partial charge in [0.25, 0.3) is 6.71 Å². The topological polar surface area (TPSA) is 19.4 Å². The van der Waals surface area contributed by atoms with Crippen molar-refractivity contribution in [2.24, 2.45) is 0 Å². The molecular formula is C55H70BN3S. The Hall–Kier alpha value is -3.83. The van der Waals surface area contributed by atoms with Crippen LogP contribution in [0.2, 0.25) is 0 Å². The number of hydrogen-bond acceptors (Lipinski definition) is 4. The standard InChI is InChI=1S/C55H70BN3S/c1-49(2,3)34-22-20-33(21-23-34)47-57-46-48(60-47)58(38-29-35(50(4,5)6)28-36(30-38)51(7,8)9)41-31-37(52(10,11)12)32-42-44(41)56(46)40-25-24-39(53(13,14)15)43-45(40)59(42)55(17)27-19-18-26-54(43,55)16/h20-25,28-32H,18-19,26-27H2,1-17H3. The molecule has 0 amide bonds. The molecule has 4 aliphatic rings. The molecule has 2 atom stereocenters. The van der Waals surface area contributed by atoms with Gasteiger partial charge in [-0.1, -0.05) is 177 Å². The highest BCUT2D eigenvalue weighted by atomic mass is 32.1. The minimum atomic E-state index is -0.0582. The van der Waals surface area contributed by atoms with Gasteiger partial charge >= 0.3 is 0 Å². The first-order valence-corrected chi connectivity index (χ1v) is 23.7. The van der Waals surface area contributed by atoms with Crippen LogP contribution in [0.1, 0.15) is 177 Å². The van der Waals surface area contributed by atoms with Gasteiger partial charge in [-0.05, 0) is 115 Å². The molecule has 5 aromatic rings. The van der Waals surface area contributed by atoms with E-state index in [4.69, 9.17) is 4.98 Å². The molecule has 0 N–H and O–H groups in total. The summed E-state index contributed by atoms with van der Waals surface area (Å²) in [6, 6.07) is 27.0. The van der Waals surface area contributed by atoms with E-state index in [1.54, 1.807) is 5.56 Å². The third-order valence-corrected chi connectivity index (χ3v) is 16.3. The molecule has 4 aromatic carbocycles. The molecule has 314 valence electrons. The van der Waals surface area contributed by atoms with Gasteiger partial charge in [-0.2, -0.15) is 0 Å². The molecule has 1 fully saturated rings. The number of aromatic nitrogens is 1. The Morgan fingerprint density at radius 1 is 0.600 bits per heavy atom. The minimum Gasteiger partial charge on any atom is -0.335 e. The zero-order valence-electron chi connectivity index (χ0n) is 40.0. The second-order valence-electron chi connectivity index (χ2n) is 24.6. The molecule has 0 radical (unpaired) electrons. The fourth-order valence-electron chi connectivity index (χ4n) is 11.2. The average molecular weight is 816 g/mol. The smallest absolute Gasteiger partial charge is 0.276 e. The van der Waals surface area contributed by atoms with Gasteiger partial charge in [-0.3, -0.25) is 0 Å². The Kier molecular flexibility index (Phi) is 8.91. The van der Waals surface area contributed by atoms with Crippen molar-refractivity contribution in [1.29, 1.82) is 0 Å². The van der Waals surface area contributed by atoms with E-state index in [0.29, 0.717) is 0 Å². The van der Waals surface area contributed by atoms with Gasteiger partial charge in [0.15, 0.2) is 0 Å². The van der Waals surface area contributed by atoms with Crippen molar-refractivity contribution in [2.45, 2.75) is 181 Å². The van der Waals surface area contributed by atoms with Crippen LogP contribution in [0.3, 0.4) is 0 Å². The van der Waals surface area contributed by atoms with Crippen LogP contribution in [0.4, 0.5) is 27.8 Å². The third-order valence-electron chi connectivity index (χ3n) is 15.2. The van der Waals surface area contributed by atoms with Crippen LogP contribution in [0.5, 0.6) is 0 Å². The van der Waals surface area contributed by atoms with Crippen LogP contribution in [-0.4, -0.2) is 17.2 Å². The van der Waals surface area contributed by atoms with Crippen molar-refractivity contribution in [3.63, 3.8) is 0 Å². The number of thiazole rings is 1. The second-order valence-corrected chi connectivity index (χ2v) is 25.6. The Labute approximate surface area is 367 Å². The first kappa shape index (κ1) is 41.5. The van der Waals surface area contributed by atoms with Gasteiger partial charge in [-0.15, -0.1) is 0 Å². The van der Waals surface area contributed by atoms with Gasteiger partial charge in [0.1, 0.15) is 10.0 Å². The summed E-state index contributed by atoms with van der Waals surface area (Å²) in [6.45, 7) is 40.8. The highest BCUT2D eigenvalue weighted by Gasteiger charge is 2.63. The van der Waals surface area contributed by atoms with Crippen LogP contribution < -0.4 is 26.3 Å². The van der Waals surface area contributed by atoms with Gasteiger partial charge in [0, 0.05) is 33.7 Å². The Morgan fingerprint density at radius 3 is 1.72 bits per heavy atom. The van der Waals surface area contributed by atoms with Crippen LogP contribution in [0.25, 0.3) is 10.6 Å². The predicted molar refractivity (Wildman–Crippen MR) is 263 cm³/mol. The maximum atomic E-state index is 5.86. The molecule has 9 rings (SSSR count). The maximum Gasteiger partial charge on any atom is 0.276 e. The van der Waals surface area contributed by atoms with E-state index in [0.717, 1.165) is 5.01 Å². The van der Waals surface area contributed by atoms with E-state index in [-0.39, 0.29) is 44.7 Å². The van der Waals surface area contributed by atoms with Crippen molar-refractivity contribution >= 4 is 62.3 Å². The van der Waals surface area contributed by atoms with Crippen molar-refractivity contribution in [3.05, 3.63) is 100 Å². The molecule has 1 saturated carbocycles. The summed E-state index contributed by atoms with van der Waals surface area (Å²) in [4.78, 5) is 11.4. The fourth-order valence-corrected chi connectivity index (χ4v) is 12.3. The summed E-state index contributed by atoms with van der Waals surface area (Å²) in [7, 11) is 0. The van der Waals surface area contributed by atoms with Crippen LogP contribution in [-0.2, 0) is 32.5 Å². The molecule has 0 saturated heterocycles. The number of fused-ring (bicyclic) bond motifs is 7. The highest BCUT2D eigenvalue weighted by Crippen LogP contribution is 2.64. The lowest BCUT2D eigenvalue weighted by Crippen LogP contribution is -2.64. The Morgan fingerprint density at radius 2 is 1.15 bits per heavy atom. The van der Waals surface area contributed by atoms with Crippen molar-refractivity contribution < 1.29 is 0 Å². The van der Waals surface area contributed by atoms with Crippen LogP contribution in [0, 0.1) is 0 Å². The lowest BCUT2D eigenvalue weighted by molar-refractivity contribution is 0.193. The van der Waals surface area contributed by atoms with Crippen LogP contribution in [0.15, 0.2) is 66.7 Å². The minimum absolute atomic E-state index is 0.0184. The number of nitrogens with zero attached hydrogens (tertiary/aromatic N) is 3. The zero-order valence-corrected chi connectivity index (χ0v) is 40.8. The second kappa shape index (κ2) is 12.9. The van der Waals surface area contributed by atoms with E-state index in [1.165, 1.54) is 103 Å². The largest absolute Gasteiger partial charge is 0.335 e. The third kappa shape index (κ3) is 6.05. The van der Waals surface area contributed by atoms with Gasteiger partial charge in [0.05, 0.1) is 11.1 Å². The molecule has 0 spiro atoms. The first-order chi connectivity index (χ1) is 27.6.